The third-order valence-corrected chi connectivity index (χ3v) is 5.98. The predicted octanol–water partition coefficient (Wildman–Crippen LogP) is 4.48. The molecule has 2 heterocycles. The second-order valence-electron chi connectivity index (χ2n) is 6.88. The lowest BCUT2D eigenvalue weighted by atomic mass is 10.1. The molecule has 4 rings (SSSR count). The monoisotopic (exact) mass is 422 g/mol. The molecule has 0 N–H and O–H groups in total. The summed E-state index contributed by atoms with van der Waals surface area (Å²) >= 11 is 3.71. The van der Waals surface area contributed by atoms with Crippen LogP contribution in [0.25, 0.3) is 22.2 Å². The van der Waals surface area contributed by atoms with E-state index in [2.05, 4.69) is 39.7 Å². The van der Waals surface area contributed by atoms with Gasteiger partial charge in [-0.05, 0) is 23.6 Å². The molecule has 0 spiro atoms. The number of rotatable bonds is 4. The summed E-state index contributed by atoms with van der Waals surface area (Å²) in [5, 5.41) is 0. The minimum absolute atomic E-state index is 0.0633. The van der Waals surface area contributed by atoms with Gasteiger partial charge in [0.2, 0.25) is 0 Å². The number of benzene rings is 2. The largest absolute Gasteiger partial charge is 0.289 e. The molecule has 0 bridgehead atoms. The van der Waals surface area contributed by atoms with Crippen LogP contribution in [0.5, 0.6) is 0 Å². The van der Waals surface area contributed by atoms with Gasteiger partial charge in [-0.1, -0.05) is 72.2 Å². The molecule has 0 radical (unpaired) electrons. The summed E-state index contributed by atoms with van der Waals surface area (Å²) in [5.41, 5.74) is 3.00. The van der Waals surface area contributed by atoms with Crippen molar-refractivity contribution in [1.82, 2.24) is 19.5 Å². The van der Waals surface area contributed by atoms with Gasteiger partial charge in [0.05, 0.1) is 22.4 Å². The second-order valence-corrected chi connectivity index (χ2v) is 7.86. The fourth-order valence-corrected chi connectivity index (χ4v) is 3.39. The standard InChI is InChI=1S/C21H19BrN4O/c1-13(2)17(22)20-25-19-18(23-15-10-6-7-11-16(15)24-19)21(27)26(20)12-14-8-4-3-5-9-14/h3-11,13,17H,12H2,1-2H3. The molecular formula is C21H19BrN4O. The lowest BCUT2D eigenvalue weighted by Crippen LogP contribution is -2.28. The molecule has 0 saturated carbocycles. The fraction of sp³-hybridized carbons (Fsp3) is 0.238. The van der Waals surface area contributed by atoms with Crippen molar-refractivity contribution in [2.75, 3.05) is 0 Å². The van der Waals surface area contributed by atoms with E-state index in [-0.39, 0.29) is 16.3 Å². The van der Waals surface area contributed by atoms with Gasteiger partial charge in [-0.3, -0.25) is 9.36 Å². The number of alkyl halides is 1. The van der Waals surface area contributed by atoms with E-state index in [4.69, 9.17) is 4.98 Å². The maximum absolute atomic E-state index is 13.3. The Morgan fingerprint density at radius 3 is 2.22 bits per heavy atom. The van der Waals surface area contributed by atoms with E-state index in [0.717, 1.165) is 11.1 Å². The predicted molar refractivity (Wildman–Crippen MR) is 111 cm³/mol. The highest BCUT2D eigenvalue weighted by atomic mass is 79.9. The normalized spacial score (nSPS) is 12.7. The Kier molecular flexibility index (Phi) is 4.74. The van der Waals surface area contributed by atoms with Crippen molar-refractivity contribution < 1.29 is 0 Å². The summed E-state index contributed by atoms with van der Waals surface area (Å²) in [6.07, 6.45) is 0. The van der Waals surface area contributed by atoms with Crippen LogP contribution in [0.1, 0.15) is 30.1 Å². The van der Waals surface area contributed by atoms with Crippen LogP contribution >= 0.6 is 15.9 Å². The van der Waals surface area contributed by atoms with Gasteiger partial charge in [0.15, 0.2) is 11.2 Å². The Balaban J connectivity index is 2.00. The van der Waals surface area contributed by atoms with Gasteiger partial charge in [0.1, 0.15) is 5.82 Å². The highest BCUT2D eigenvalue weighted by Crippen LogP contribution is 2.29. The first-order valence-corrected chi connectivity index (χ1v) is 9.81. The van der Waals surface area contributed by atoms with Crippen LogP contribution in [0.15, 0.2) is 59.4 Å². The molecule has 4 aromatic rings. The number of para-hydroxylation sites is 2. The number of hydrogen-bond donors (Lipinski definition) is 0. The van der Waals surface area contributed by atoms with E-state index in [1.54, 1.807) is 4.57 Å². The van der Waals surface area contributed by atoms with Gasteiger partial charge in [0.25, 0.3) is 5.56 Å². The third kappa shape index (κ3) is 3.37. The second kappa shape index (κ2) is 7.19. The van der Waals surface area contributed by atoms with Crippen molar-refractivity contribution in [2.24, 2.45) is 5.92 Å². The smallest absolute Gasteiger partial charge is 0.282 e. The van der Waals surface area contributed by atoms with Gasteiger partial charge in [-0.25, -0.2) is 15.0 Å². The van der Waals surface area contributed by atoms with E-state index < -0.39 is 0 Å². The molecular weight excluding hydrogens is 404 g/mol. The molecule has 1 unspecified atom stereocenters. The molecule has 6 heteroatoms. The molecule has 0 aliphatic carbocycles. The highest BCUT2D eigenvalue weighted by molar-refractivity contribution is 9.09. The Morgan fingerprint density at radius 1 is 0.926 bits per heavy atom. The molecule has 2 aromatic heterocycles. The van der Waals surface area contributed by atoms with Crippen molar-refractivity contribution in [2.45, 2.75) is 25.2 Å². The fourth-order valence-electron chi connectivity index (χ4n) is 3.04. The maximum Gasteiger partial charge on any atom is 0.282 e. The van der Waals surface area contributed by atoms with Crippen LogP contribution < -0.4 is 5.56 Å². The zero-order valence-electron chi connectivity index (χ0n) is 15.1. The topological polar surface area (TPSA) is 60.7 Å². The quantitative estimate of drug-likeness (QED) is 0.359. The Hall–Kier alpha value is -2.60. The number of aromatic nitrogens is 4. The number of nitrogens with zero attached hydrogens (tertiary/aromatic N) is 4. The van der Waals surface area contributed by atoms with Crippen molar-refractivity contribution >= 4 is 38.1 Å². The van der Waals surface area contributed by atoms with Crippen molar-refractivity contribution in [1.29, 1.82) is 0 Å². The highest BCUT2D eigenvalue weighted by Gasteiger charge is 2.22. The molecule has 136 valence electrons. The minimum atomic E-state index is -0.165. The van der Waals surface area contributed by atoms with Crippen molar-refractivity contribution in [3.05, 3.63) is 76.3 Å². The minimum Gasteiger partial charge on any atom is -0.289 e. The van der Waals surface area contributed by atoms with Crippen LogP contribution in [-0.4, -0.2) is 19.5 Å². The number of hydrogen-bond acceptors (Lipinski definition) is 4. The summed E-state index contributed by atoms with van der Waals surface area (Å²) < 4.78 is 1.71. The molecule has 1 atom stereocenters. The summed E-state index contributed by atoms with van der Waals surface area (Å²) in [6, 6.07) is 17.4. The molecule has 0 saturated heterocycles. The Bertz CT molecular complexity index is 1170. The molecule has 5 nitrogen and oxygen atoms in total. The average Bonchev–Trinajstić information content (AvgIpc) is 2.69. The van der Waals surface area contributed by atoms with E-state index in [0.29, 0.717) is 29.0 Å². The van der Waals surface area contributed by atoms with E-state index in [1.165, 1.54) is 0 Å². The van der Waals surface area contributed by atoms with Crippen LogP contribution in [0.4, 0.5) is 0 Å². The van der Waals surface area contributed by atoms with Gasteiger partial charge in [-0.2, -0.15) is 0 Å². The third-order valence-electron chi connectivity index (χ3n) is 4.51. The van der Waals surface area contributed by atoms with Crippen LogP contribution in [0.2, 0.25) is 0 Å². The number of halogens is 1. The zero-order valence-corrected chi connectivity index (χ0v) is 16.7. The lowest BCUT2D eigenvalue weighted by Gasteiger charge is -2.19. The van der Waals surface area contributed by atoms with Gasteiger partial charge in [-0.15, -0.1) is 0 Å². The molecule has 27 heavy (non-hydrogen) atoms. The lowest BCUT2D eigenvalue weighted by molar-refractivity contribution is 0.568. The summed E-state index contributed by atoms with van der Waals surface area (Å²) in [4.78, 5) is 27.1. The van der Waals surface area contributed by atoms with E-state index >= 15 is 0 Å². The summed E-state index contributed by atoms with van der Waals surface area (Å²) in [5.74, 6) is 0.945. The van der Waals surface area contributed by atoms with Gasteiger partial charge >= 0.3 is 0 Å². The zero-order chi connectivity index (χ0) is 19.0. The molecule has 0 amide bonds. The van der Waals surface area contributed by atoms with Crippen LogP contribution in [0, 0.1) is 5.92 Å². The van der Waals surface area contributed by atoms with Crippen molar-refractivity contribution in [3.63, 3.8) is 0 Å². The first-order valence-electron chi connectivity index (χ1n) is 8.90. The van der Waals surface area contributed by atoms with Gasteiger partial charge in [0, 0.05) is 0 Å². The van der Waals surface area contributed by atoms with Gasteiger partial charge < -0.3 is 0 Å². The maximum atomic E-state index is 13.3. The summed E-state index contributed by atoms with van der Waals surface area (Å²) in [7, 11) is 0. The van der Waals surface area contributed by atoms with E-state index in [9.17, 15) is 4.79 Å². The molecule has 0 fully saturated rings. The Morgan fingerprint density at radius 2 is 1.56 bits per heavy atom. The Labute approximate surface area is 165 Å². The molecule has 0 aliphatic rings. The first-order chi connectivity index (χ1) is 13.0. The average molecular weight is 423 g/mol. The molecule has 2 aromatic carbocycles. The number of fused-ring (bicyclic) bond motifs is 2. The van der Waals surface area contributed by atoms with Crippen LogP contribution in [0.3, 0.4) is 0 Å². The van der Waals surface area contributed by atoms with E-state index in [1.807, 2.05) is 54.6 Å². The van der Waals surface area contributed by atoms with Crippen LogP contribution in [-0.2, 0) is 6.54 Å². The first kappa shape index (κ1) is 17.8. The molecule has 0 aliphatic heterocycles. The SMILES string of the molecule is CC(C)C(Br)c1nc2nc3ccccc3nc2c(=O)n1Cc1ccccc1. The summed E-state index contributed by atoms with van der Waals surface area (Å²) in [6.45, 7) is 4.63. The van der Waals surface area contributed by atoms with Crippen molar-refractivity contribution in [3.8, 4) is 0 Å².